The fourth-order valence-electron chi connectivity index (χ4n) is 5.80. The summed E-state index contributed by atoms with van der Waals surface area (Å²) in [5.41, 5.74) is 4.80. The number of rotatable bonds is 6. The number of para-hydroxylation sites is 1. The van der Waals surface area contributed by atoms with E-state index < -0.39 is 38.1 Å². The highest BCUT2D eigenvalue weighted by Crippen LogP contribution is 2.39. The minimum absolute atomic E-state index is 0.0504. The number of carbonyl (C=O) groups excluding carboxylic acids is 1. The van der Waals surface area contributed by atoms with Crippen LogP contribution in [0.2, 0.25) is 0 Å². The Kier molecular flexibility index (Phi) is 7.23. The zero-order valence-electron chi connectivity index (χ0n) is 24.1. The van der Waals surface area contributed by atoms with E-state index in [0.29, 0.717) is 31.5 Å². The number of nitrogen functional groups attached to an aromatic ring is 1. The van der Waals surface area contributed by atoms with Crippen LogP contribution in [0.4, 0.5) is 20.3 Å². The number of pyridine rings is 1. The maximum absolute atomic E-state index is 15.9. The highest BCUT2D eigenvalue weighted by Gasteiger charge is 2.39. The summed E-state index contributed by atoms with van der Waals surface area (Å²) in [5.74, 6) is -1.86. The SMILES string of the molecule is C=CC(=O)N1CCN(c2nc(=O)n(-c3c(C)cccc3S(=O)(=O)C3CC3)c3nc(-c4c(N)cccc4F)c(F)cc23)[C@@H](C)C1. The molecule has 1 atom stereocenters. The van der Waals surface area contributed by atoms with Gasteiger partial charge >= 0.3 is 5.69 Å². The van der Waals surface area contributed by atoms with Gasteiger partial charge in [0, 0.05) is 31.4 Å². The molecule has 1 aliphatic carbocycles. The molecular formula is C31H30F2N6O4S. The number of hydrogen-bond donors (Lipinski definition) is 1. The Morgan fingerprint density at radius 1 is 1.09 bits per heavy atom. The summed E-state index contributed by atoms with van der Waals surface area (Å²) < 4.78 is 59.2. The Bertz CT molecular complexity index is 2010. The molecule has 13 heteroatoms. The lowest BCUT2D eigenvalue weighted by atomic mass is 10.1. The number of amides is 1. The molecule has 1 saturated carbocycles. The largest absolute Gasteiger partial charge is 0.398 e. The van der Waals surface area contributed by atoms with Crippen LogP contribution < -0.4 is 16.3 Å². The van der Waals surface area contributed by atoms with Gasteiger partial charge in [-0.2, -0.15) is 4.98 Å². The van der Waals surface area contributed by atoms with Crippen molar-refractivity contribution < 1.29 is 22.0 Å². The van der Waals surface area contributed by atoms with Crippen LogP contribution in [0.25, 0.3) is 28.0 Å². The Morgan fingerprint density at radius 2 is 1.82 bits per heavy atom. The second-order valence-electron chi connectivity index (χ2n) is 11.1. The summed E-state index contributed by atoms with van der Waals surface area (Å²) in [6, 6.07) is 9.36. The van der Waals surface area contributed by atoms with Crippen molar-refractivity contribution in [3.8, 4) is 16.9 Å². The number of nitrogens with zero attached hydrogens (tertiary/aromatic N) is 5. The Balaban J connectivity index is 1.66. The summed E-state index contributed by atoms with van der Waals surface area (Å²) in [6.07, 6.45) is 2.23. The smallest absolute Gasteiger partial charge is 0.355 e. The first kappa shape index (κ1) is 29.4. The Hall–Kier alpha value is -4.65. The van der Waals surface area contributed by atoms with Crippen molar-refractivity contribution in [1.29, 1.82) is 0 Å². The van der Waals surface area contributed by atoms with Crippen LogP contribution in [0.15, 0.2) is 64.8 Å². The van der Waals surface area contributed by atoms with E-state index in [-0.39, 0.29) is 57.2 Å². The van der Waals surface area contributed by atoms with Gasteiger partial charge in [-0.25, -0.2) is 31.5 Å². The lowest BCUT2D eigenvalue weighted by Crippen LogP contribution is -2.54. The van der Waals surface area contributed by atoms with Crippen molar-refractivity contribution >= 4 is 38.3 Å². The molecule has 0 bridgehead atoms. The number of halogens is 2. The van der Waals surface area contributed by atoms with Gasteiger partial charge in [-0.05, 0) is 62.6 Å². The predicted molar refractivity (Wildman–Crippen MR) is 163 cm³/mol. The molecule has 4 aromatic rings. The van der Waals surface area contributed by atoms with Crippen LogP contribution in [0.1, 0.15) is 25.3 Å². The number of hydrogen-bond acceptors (Lipinski definition) is 8. The highest BCUT2D eigenvalue weighted by atomic mass is 32.2. The first-order valence-corrected chi connectivity index (χ1v) is 15.7. The molecule has 1 saturated heterocycles. The minimum atomic E-state index is -3.82. The molecular weight excluding hydrogens is 590 g/mol. The normalized spacial score (nSPS) is 17.2. The maximum Gasteiger partial charge on any atom is 0.355 e. The fourth-order valence-corrected chi connectivity index (χ4v) is 7.71. The topological polar surface area (TPSA) is 131 Å². The van der Waals surface area contributed by atoms with Crippen LogP contribution in [-0.4, -0.2) is 64.7 Å². The predicted octanol–water partition coefficient (Wildman–Crippen LogP) is 3.78. The van der Waals surface area contributed by atoms with Crippen LogP contribution in [0, 0.1) is 18.6 Å². The van der Waals surface area contributed by atoms with Gasteiger partial charge in [0.05, 0.1) is 26.8 Å². The summed E-state index contributed by atoms with van der Waals surface area (Å²) in [5, 5.41) is -0.471. The summed E-state index contributed by atoms with van der Waals surface area (Å²) in [4.78, 5) is 38.5. The van der Waals surface area contributed by atoms with Crippen LogP contribution >= 0.6 is 0 Å². The molecule has 1 amide bonds. The molecule has 3 heterocycles. The number of piperazine rings is 1. The standard InChI is InChI=1S/C31H30F2N6O4S/c1-4-25(40)37-13-14-38(18(3)16-37)29-20-15-22(33)27(26-21(32)8-6-9-23(26)34)35-30(20)39(31(41)36-29)28-17(2)7-5-10-24(28)44(42,43)19-11-12-19/h4-10,15,18-19H,1,11-14,16,34H2,2-3H3/t18-/m0/s1. The third kappa shape index (κ3) is 4.80. The molecule has 2 aromatic heterocycles. The molecule has 10 nitrogen and oxygen atoms in total. The van der Waals surface area contributed by atoms with Crippen LogP contribution in [0.5, 0.6) is 0 Å². The number of aryl methyl sites for hydroxylation is 1. The van der Waals surface area contributed by atoms with E-state index in [1.165, 1.54) is 24.3 Å². The average molecular weight is 621 g/mol. The van der Waals surface area contributed by atoms with Crippen molar-refractivity contribution in [2.75, 3.05) is 30.3 Å². The molecule has 2 aromatic carbocycles. The van der Waals surface area contributed by atoms with Gasteiger partial charge in [0.2, 0.25) is 5.91 Å². The average Bonchev–Trinajstić information content (AvgIpc) is 3.84. The molecule has 6 rings (SSSR count). The zero-order chi connectivity index (χ0) is 31.5. The summed E-state index contributed by atoms with van der Waals surface area (Å²) >= 11 is 0. The number of carbonyl (C=O) groups is 1. The molecule has 2 N–H and O–H groups in total. The van der Waals surface area contributed by atoms with Gasteiger partial charge in [0.1, 0.15) is 17.3 Å². The second-order valence-corrected chi connectivity index (χ2v) is 13.3. The number of fused-ring (bicyclic) bond motifs is 1. The van der Waals surface area contributed by atoms with Gasteiger partial charge in [-0.1, -0.05) is 24.8 Å². The van der Waals surface area contributed by atoms with Gasteiger partial charge in [-0.3, -0.25) is 4.79 Å². The second kappa shape index (κ2) is 10.8. The molecule has 0 radical (unpaired) electrons. The zero-order valence-corrected chi connectivity index (χ0v) is 24.9. The maximum atomic E-state index is 15.9. The van der Waals surface area contributed by atoms with E-state index >= 15 is 8.78 Å². The monoisotopic (exact) mass is 620 g/mol. The minimum Gasteiger partial charge on any atom is -0.398 e. The van der Waals surface area contributed by atoms with Crippen molar-refractivity contribution in [3.05, 3.63) is 82.8 Å². The molecule has 2 fully saturated rings. The van der Waals surface area contributed by atoms with E-state index in [1.807, 2.05) is 6.92 Å². The number of sulfone groups is 1. The van der Waals surface area contributed by atoms with Crippen molar-refractivity contribution in [1.82, 2.24) is 19.4 Å². The van der Waals surface area contributed by atoms with Crippen molar-refractivity contribution in [3.63, 3.8) is 0 Å². The summed E-state index contributed by atoms with van der Waals surface area (Å²) in [6.45, 7) is 7.88. The number of aromatic nitrogens is 3. The third-order valence-corrected chi connectivity index (χ3v) is 10.5. The number of benzene rings is 2. The van der Waals surface area contributed by atoms with E-state index in [9.17, 15) is 18.0 Å². The van der Waals surface area contributed by atoms with E-state index in [0.717, 1.165) is 16.7 Å². The highest BCUT2D eigenvalue weighted by molar-refractivity contribution is 7.92. The van der Waals surface area contributed by atoms with Gasteiger partial charge in [0.15, 0.2) is 21.3 Å². The quantitative estimate of drug-likeness (QED) is 0.255. The van der Waals surface area contributed by atoms with Crippen LogP contribution in [0.3, 0.4) is 0 Å². The first-order valence-electron chi connectivity index (χ1n) is 14.1. The fraction of sp³-hybridized carbons (Fsp3) is 0.290. The van der Waals surface area contributed by atoms with E-state index in [2.05, 4.69) is 16.5 Å². The van der Waals surface area contributed by atoms with Gasteiger partial charge in [-0.15, -0.1) is 0 Å². The molecule has 1 aliphatic heterocycles. The summed E-state index contributed by atoms with van der Waals surface area (Å²) in [7, 11) is -3.82. The molecule has 0 spiro atoms. The third-order valence-electron chi connectivity index (χ3n) is 8.16. The van der Waals surface area contributed by atoms with Crippen molar-refractivity contribution in [2.24, 2.45) is 0 Å². The Morgan fingerprint density at radius 3 is 2.48 bits per heavy atom. The van der Waals surface area contributed by atoms with E-state index in [4.69, 9.17) is 5.73 Å². The van der Waals surface area contributed by atoms with Gasteiger partial charge < -0.3 is 15.5 Å². The molecule has 44 heavy (non-hydrogen) atoms. The van der Waals surface area contributed by atoms with E-state index in [1.54, 1.807) is 28.9 Å². The van der Waals surface area contributed by atoms with Crippen LogP contribution in [-0.2, 0) is 14.6 Å². The first-order chi connectivity index (χ1) is 20.9. The van der Waals surface area contributed by atoms with Crippen molar-refractivity contribution in [2.45, 2.75) is 42.9 Å². The Labute approximate surface area is 252 Å². The molecule has 2 aliphatic rings. The van der Waals surface area contributed by atoms with Gasteiger partial charge in [0.25, 0.3) is 0 Å². The molecule has 0 unspecified atom stereocenters. The lowest BCUT2D eigenvalue weighted by molar-refractivity contribution is -0.126. The lowest BCUT2D eigenvalue weighted by Gasteiger charge is -2.40. The molecule has 228 valence electrons. The number of anilines is 2. The number of nitrogens with two attached hydrogens (primary N) is 1.